The molecule has 0 saturated carbocycles. The minimum atomic E-state index is -0.107. The van der Waals surface area contributed by atoms with Crippen LogP contribution in [-0.4, -0.2) is 79.3 Å². The van der Waals surface area contributed by atoms with E-state index in [4.69, 9.17) is 29.2 Å². The van der Waals surface area contributed by atoms with Crippen LogP contribution < -0.4 is 14.5 Å². The number of hydrogen-bond donors (Lipinski definition) is 1. The molecule has 2 unspecified atom stereocenters. The highest BCUT2D eigenvalue weighted by Crippen LogP contribution is 2.32. The average molecular weight is 466 g/mol. The van der Waals surface area contributed by atoms with Crippen molar-refractivity contribution in [1.82, 2.24) is 15.0 Å². The number of fused-ring (bicyclic) bond motifs is 1. The van der Waals surface area contributed by atoms with Crippen LogP contribution in [0.25, 0.3) is 22.3 Å². The fourth-order valence-corrected chi connectivity index (χ4v) is 4.61. The second kappa shape index (κ2) is 9.69. The molecule has 2 fully saturated rings. The molecule has 0 spiro atoms. The Bertz CT molecular complexity index is 1170. The van der Waals surface area contributed by atoms with Crippen molar-refractivity contribution in [3.63, 3.8) is 0 Å². The zero-order chi connectivity index (χ0) is 23.7. The lowest BCUT2D eigenvalue weighted by Gasteiger charge is -2.35. The highest BCUT2D eigenvalue weighted by atomic mass is 16.5. The summed E-state index contributed by atoms with van der Waals surface area (Å²) in [6, 6.07) is 10.2. The molecule has 2 aromatic heterocycles. The number of morpholine rings is 1. The van der Waals surface area contributed by atoms with E-state index in [9.17, 15) is 5.11 Å². The highest BCUT2D eigenvalue weighted by Gasteiger charge is 2.27. The summed E-state index contributed by atoms with van der Waals surface area (Å²) in [5, 5.41) is 10.7. The highest BCUT2D eigenvalue weighted by molar-refractivity contribution is 5.90. The van der Waals surface area contributed by atoms with Crippen LogP contribution in [0, 0.1) is 0 Å². The fraction of sp³-hybridized carbons (Fsp3) is 0.480. The summed E-state index contributed by atoms with van der Waals surface area (Å²) in [5.41, 5.74) is 3.03. The molecule has 1 aromatic carbocycles. The third-order valence-electron chi connectivity index (χ3n) is 6.68. The Hall–Kier alpha value is -3.01. The molecule has 0 radical (unpaired) electrons. The van der Waals surface area contributed by atoms with Gasteiger partial charge >= 0.3 is 0 Å². The van der Waals surface area contributed by atoms with E-state index in [0.29, 0.717) is 42.7 Å². The summed E-state index contributed by atoms with van der Waals surface area (Å²) < 4.78 is 16.6. The van der Waals surface area contributed by atoms with Crippen molar-refractivity contribution in [3.05, 3.63) is 35.9 Å². The van der Waals surface area contributed by atoms with Crippen molar-refractivity contribution in [2.24, 2.45) is 0 Å². The Balaban J connectivity index is 1.62. The van der Waals surface area contributed by atoms with E-state index in [-0.39, 0.29) is 18.7 Å². The van der Waals surface area contributed by atoms with Crippen LogP contribution in [0.5, 0.6) is 5.75 Å². The molecule has 2 atom stereocenters. The molecule has 1 N–H and O–H groups in total. The standard InChI is InChI=1S/C25H31N5O4/c1-16-14-34-11-9-30(16)24-20-5-6-21(17-4-7-22(32-3)18(12-17)13-31)26-23(20)27-25(28-24)29(2)19-8-10-33-15-19/h4-7,12,16,19,31H,8-11,13-15H2,1-3H3. The number of likely N-dealkylation sites (N-methyl/N-ethyl adjacent to an activating group) is 1. The number of hydrogen-bond acceptors (Lipinski definition) is 9. The van der Waals surface area contributed by atoms with Gasteiger partial charge in [-0.25, -0.2) is 4.98 Å². The first kappa shape index (κ1) is 22.8. The van der Waals surface area contributed by atoms with Gasteiger partial charge in [0.25, 0.3) is 0 Å². The molecule has 0 amide bonds. The maximum absolute atomic E-state index is 9.75. The van der Waals surface area contributed by atoms with Gasteiger partial charge in [0.2, 0.25) is 5.95 Å². The number of rotatable bonds is 6. The van der Waals surface area contributed by atoms with Crippen LogP contribution in [0.15, 0.2) is 30.3 Å². The Kier molecular flexibility index (Phi) is 6.49. The molecule has 180 valence electrons. The molecule has 34 heavy (non-hydrogen) atoms. The van der Waals surface area contributed by atoms with Crippen LogP contribution in [0.1, 0.15) is 18.9 Å². The van der Waals surface area contributed by atoms with Crippen molar-refractivity contribution in [2.45, 2.75) is 32.0 Å². The number of aliphatic hydroxyl groups excluding tert-OH is 1. The Morgan fingerprint density at radius 2 is 1.97 bits per heavy atom. The first-order chi connectivity index (χ1) is 16.6. The first-order valence-corrected chi connectivity index (χ1v) is 11.7. The Morgan fingerprint density at radius 3 is 2.71 bits per heavy atom. The number of benzene rings is 1. The number of ether oxygens (including phenoxy) is 3. The molecule has 3 aromatic rings. The summed E-state index contributed by atoms with van der Waals surface area (Å²) in [6.07, 6.45) is 0.949. The topological polar surface area (TPSA) is 93.1 Å². The zero-order valence-electron chi connectivity index (χ0n) is 19.9. The molecule has 0 aliphatic carbocycles. The number of pyridine rings is 1. The molecule has 9 nitrogen and oxygen atoms in total. The number of nitrogens with zero attached hydrogens (tertiary/aromatic N) is 5. The molecular weight excluding hydrogens is 434 g/mol. The van der Waals surface area contributed by atoms with Gasteiger partial charge in [0.15, 0.2) is 5.65 Å². The Labute approximate surface area is 199 Å². The van der Waals surface area contributed by atoms with Gasteiger partial charge in [-0.1, -0.05) is 0 Å². The lowest BCUT2D eigenvalue weighted by Crippen LogP contribution is -2.44. The van der Waals surface area contributed by atoms with E-state index in [1.807, 2.05) is 37.4 Å². The minimum Gasteiger partial charge on any atom is -0.496 e. The van der Waals surface area contributed by atoms with Crippen molar-refractivity contribution in [2.75, 3.05) is 56.9 Å². The maximum Gasteiger partial charge on any atom is 0.229 e. The Morgan fingerprint density at radius 1 is 1.12 bits per heavy atom. The zero-order valence-corrected chi connectivity index (χ0v) is 19.9. The van der Waals surface area contributed by atoms with E-state index >= 15 is 0 Å². The third-order valence-corrected chi connectivity index (χ3v) is 6.68. The molecule has 4 heterocycles. The summed E-state index contributed by atoms with van der Waals surface area (Å²) in [4.78, 5) is 19.2. The lowest BCUT2D eigenvalue weighted by atomic mass is 10.1. The van der Waals surface area contributed by atoms with E-state index < -0.39 is 0 Å². The predicted molar refractivity (Wildman–Crippen MR) is 130 cm³/mol. The van der Waals surface area contributed by atoms with Crippen molar-refractivity contribution in [1.29, 1.82) is 0 Å². The van der Waals surface area contributed by atoms with Gasteiger partial charge in [-0.15, -0.1) is 0 Å². The van der Waals surface area contributed by atoms with Crippen LogP contribution in [0.2, 0.25) is 0 Å². The van der Waals surface area contributed by atoms with Gasteiger partial charge < -0.3 is 29.1 Å². The quantitative estimate of drug-likeness (QED) is 0.590. The van der Waals surface area contributed by atoms with Crippen LogP contribution >= 0.6 is 0 Å². The maximum atomic E-state index is 9.75. The third kappa shape index (κ3) is 4.26. The largest absolute Gasteiger partial charge is 0.496 e. The molecule has 2 saturated heterocycles. The van der Waals surface area contributed by atoms with Crippen molar-refractivity contribution < 1.29 is 19.3 Å². The number of anilines is 2. The van der Waals surface area contributed by atoms with Gasteiger partial charge in [-0.3, -0.25) is 0 Å². The number of aliphatic hydroxyl groups is 1. The minimum absolute atomic E-state index is 0.107. The normalized spacial score (nSPS) is 20.6. The fourth-order valence-electron chi connectivity index (χ4n) is 4.61. The summed E-state index contributed by atoms with van der Waals surface area (Å²) in [6.45, 7) is 5.56. The molecule has 9 heteroatoms. The van der Waals surface area contributed by atoms with Gasteiger partial charge in [0.1, 0.15) is 11.6 Å². The van der Waals surface area contributed by atoms with Gasteiger partial charge in [0.05, 0.1) is 56.7 Å². The van der Waals surface area contributed by atoms with E-state index in [1.165, 1.54) is 0 Å². The second-order valence-corrected chi connectivity index (χ2v) is 8.85. The van der Waals surface area contributed by atoms with Crippen molar-refractivity contribution in [3.8, 4) is 17.0 Å². The smallest absolute Gasteiger partial charge is 0.229 e. The van der Waals surface area contributed by atoms with E-state index in [0.717, 1.165) is 42.0 Å². The number of methoxy groups -OCH3 is 1. The molecule has 5 rings (SSSR count). The van der Waals surface area contributed by atoms with Crippen LogP contribution in [0.4, 0.5) is 11.8 Å². The summed E-state index contributed by atoms with van der Waals surface area (Å²) in [5.74, 6) is 2.18. The lowest BCUT2D eigenvalue weighted by molar-refractivity contribution is 0.0987. The first-order valence-electron chi connectivity index (χ1n) is 11.7. The monoisotopic (exact) mass is 465 g/mol. The van der Waals surface area contributed by atoms with Crippen molar-refractivity contribution >= 4 is 22.8 Å². The number of aromatic nitrogens is 3. The van der Waals surface area contributed by atoms with Crippen LogP contribution in [0.3, 0.4) is 0 Å². The molecule has 2 aliphatic rings. The van der Waals surface area contributed by atoms with Gasteiger partial charge in [0, 0.05) is 31.3 Å². The van der Waals surface area contributed by atoms with E-state index in [1.54, 1.807) is 7.11 Å². The average Bonchev–Trinajstić information content (AvgIpc) is 3.42. The summed E-state index contributed by atoms with van der Waals surface area (Å²) in [7, 11) is 3.62. The SMILES string of the molecule is COc1ccc(-c2ccc3c(N4CCOCC4C)nc(N(C)C4CCOC4)nc3n2)cc1CO. The van der Waals surface area contributed by atoms with Gasteiger partial charge in [-0.2, -0.15) is 9.97 Å². The van der Waals surface area contributed by atoms with E-state index in [2.05, 4.69) is 16.7 Å². The second-order valence-electron chi connectivity index (χ2n) is 8.85. The van der Waals surface area contributed by atoms with Crippen LogP contribution in [-0.2, 0) is 16.1 Å². The predicted octanol–water partition coefficient (Wildman–Crippen LogP) is 2.64. The van der Waals surface area contributed by atoms with Gasteiger partial charge in [-0.05, 0) is 43.7 Å². The molecular formula is C25H31N5O4. The molecule has 0 bridgehead atoms. The summed E-state index contributed by atoms with van der Waals surface area (Å²) >= 11 is 0. The molecule has 2 aliphatic heterocycles.